The Morgan fingerprint density at radius 3 is 1.94 bits per heavy atom. The van der Waals surface area contributed by atoms with E-state index in [9.17, 15) is 0 Å². The number of nitrogens with zero attached hydrogens (tertiary/aromatic N) is 1. The molecule has 0 amide bonds. The van der Waals surface area contributed by atoms with E-state index in [1.165, 1.54) is 32.9 Å². The average Bonchev–Trinajstić information content (AvgIpc) is 3.70. The molecule has 3 heterocycles. The Hall–Kier alpha value is -5.10. The maximum absolute atomic E-state index is 6.49. The van der Waals surface area contributed by atoms with Gasteiger partial charge in [-0.15, -0.1) is 0 Å². The summed E-state index contributed by atoms with van der Waals surface area (Å²) in [6.07, 6.45) is 0. The summed E-state index contributed by atoms with van der Waals surface area (Å²) >= 11 is 0. The van der Waals surface area contributed by atoms with Gasteiger partial charge in [-0.2, -0.15) is 0 Å². The van der Waals surface area contributed by atoms with Gasteiger partial charge in [0.2, 0.25) is 0 Å². The molecular weight excluding hydrogens is 577 g/mol. The molecule has 1 aliphatic heterocycles. The minimum Gasteiger partial charge on any atom is -0.456 e. The van der Waals surface area contributed by atoms with Crippen LogP contribution in [-0.2, 0) is 9.31 Å². The Labute approximate surface area is 274 Å². The molecule has 5 heteroatoms. The van der Waals surface area contributed by atoms with Crippen molar-refractivity contribution in [2.75, 3.05) is 0 Å². The SMILES string of the molecule is CC1(C)OB(c2cccc3oc4ccc(-c5ccc6c(c5)c5ccccc5n6-c5cccc(-c6ccccc6)c5)cc4c23)OC1(C)C. The van der Waals surface area contributed by atoms with Crippen LogP contribution in [0.15, 0.2) is 138 Å². The first kappa shape index (κ1) is 28.2. The molecule has 4 nitrogen and oxygen atoms in total. The summed E-state index contributed by atoms with van der Waals surface area (Å²) in [5, 5.41) is 4.55. The molecule has 0 saturated carbocycles. The third kappa shape index (κ3) is 4.38. The molecule has 0 aliphatic carbocycles. The van der Waals surface area contributed by atoms with Crippen LogP contribution < -0.4 is 5.46 Å². The molecule has 1 fully saturated rings. The smallest absolute Gasteiger partial charge is 0.456 e. The van der Waals surface area contributed by atoms with Crippen LogP contribution >= 0.6 is 0 Å². The molecule has 1 saturated heterocycles. The van der Waals surface area contributed by atoms with Crippen LogP contribution in [0.25, 0.3) is 71.7 Å². The molecule has 47 heavy (non-hydrogen) atoms. The predicted molar refractivity (Wildman–Crippen MR) is 195 cm³/mol. The van der Waals surface area contributed by atoms with E-state index in [1.807, 2.05) is 12.1 Å². The van der Waals surface area contributed by atoms with Gasteiger partial charge in [-0.3, -0.25) is 0 Å². The highest BCUT2D eigenvalue weighted by atomic mass is 16.7. The number of benzene rings is 6. The lowest BCUT2D eigenvalue weighted by molar-refractivity contribution is 0.00578. The number of hydrogen-bond donors (Lipinski definition) is 0. The third-order valence-electron chi connectivity index (χ3n) is 10.3. The largest absolute Gasteiger partial charge is 0.495 e. The van der Waals surface area contributed by atoms with E-state index >= 15 is 0 Å². The van der Waals surface area contributed by atoms with Crippen LogP contribution in [0.1, 0.15) is 27.7 Å². The lowest BCUT2D eigenvalue weighted by Crippen LogP contribution is -2.41. The van der Waals surface area contributed by atoms with E-state index in [2.05, 4.69) is 154 Å². The summed E-state index contributed by atoms with van der Waals surface area (Å²) in [4.78, 5) is 0. The summed E-state index contributed by atoms with van der Waals surface area (Å²) in [6, 6.07) is 47.5. The molecule has 9 rings (SSSR count). The Morgan fingerprint density at radius 2 is 1.13 bits per heavy atom. The number of para-hydroxylation sites is 1. The van der Waals surface area contributed by atoms with Gasteiger partial charge >= 0.3 is 7.12 Å². The van der Waals surface area contributed by atoms with Crippen LogP contribution in [0, 0.1) is 0 Å². The molecule has 0 spiro atoms. The van der Waals surface area contributed by atoms with E-state index in [0.717, 1.165) is 44.2 Å². The zero-order chi connectivity index (χ0) is 31.9. The van der Waals surface area contributed by atoms with Crippen LogP contribution in [0.4, 0.5) is 0 Å². The lowest BCUT2D eigenvalue weighted by atomic mass is 9.76. The Bertz CT molecular complexity index is 2470. The van der Waals surface area contributed by atoms with E-state index in [0.29, 0.717) is 0 Å². The second-order valence-electron chi connectivity index (χ2n) is 13.6. The topological polar surface area (TPSA) is 36.5 Å². The lowest BCUT2D eigenvalue weighted by Gasteiger charge is -2.32. The molecule has 1 aliphatic rings. The maximum atomic E-state index is 6.49. The number of fused-ring (bicyclic) bond motifs is 6. The molecule has 0 radical (unpaired) electrons. The van der Waals surface area contributed by atoms with Gasteiger partial charge in [0.1, 0.15) is 11.2 Å². The van der Waals surface area contributed by atoms with Gasteiger partial charge in [0.15, 0.2) is 0 Å². The van der Waals surface area contributed by atoms with Crippen molar-refractivity contribution in [3.63, 3.8) is 0 Å². The van der Waals surface area contributed by atoms with E-state index in [4.69, 9.17) is 13.7 Å². The number of aromatic nitrogens is 1. The fourth-order valence-electron chi connectivity index (χ4n) is 7.09. The van der Waals surface area contributed by atoms with Crippen molar-refractivity contribution in [1.82, 2.24) is 4.57 Å². The van der Waals surface area contributed by atoms with Crippen LogP contribution in [0.3, 0.4) is 0 Å². The number of furan rings is 1. The summed E-state index contributed by atoms with van der Waals surface area (Å²) < 4.78 is 21.7. The van der Waals surface area contributed by atoms with Gasteiger partial charge in [0.25, 0.3) is 0 Å². The zero-order valence-electron chi connectivity index (χ0n) is 27.0. The van der Waals surface area contributed by atoms with Crippen molar-refractivity contribution in [3.8, 4) is 27.9 Å². The zero-order valence-corrected chi connectivity index (χ0v) is 27.0. The molecule has 2 aromatic heterocycles. The molecule has 0 unspecified atom stereocenters. The summed E-state index contributed by atoms with van der Waals surface area (Å²) in [5.74, 6) is 0. The Kier molecular flexibility index (Phi) is 6.11. The van der Waals surface area contributed by atoms with E-state index in [-0.39, 0.29) is 0 Å². The predicted octanol–water partition coefficient (Wildman–Crippen LogP) is 10.3. The molecule has 8 aromatic rings. The van der Waals surface area contributed by atoms with Crippen LogP contribution in [0.2, 0.25) is 0 Å². The quantitative estimate of drug-likeness (QED) is 0.186. The van der Waals surface area contributed by atoms with Gasteiger partial charge in [0, 0.05) is 27.2 Å². The Morgan fingerprint density at radius 1 is 0.489 bits per heavy atom. The third-order valence-corrected chi connectivity index (χ3v) is 10.3. The van der Waals surface area contributed by atoms with Crippen molar-refractivity contribution in [2.45, 2.75) is 38.9 Å². The summed E-state index contributed by atoms with van der Waals surface area (Å²) in [5.41, 5.74) is 10.0. The number of rotatable bonds is 4. The van der Waals surface area contributed by atoms with Crippen molar-refractivity contribution >= 4 is 56.3 Å². The minimum absolute atomic E-state index is 0.429. The molecule has 0 bridgehead atoms. The fraction of sp³-hybridized carbons (Fsp3) is 0.143. The fourth-order valence-corrected chi connectivity index (χ4v) is 7.09. The minimum atomic E-state index is -0.476. The van der Waals surface area contributed by atoms with Gasteiger partial charge in [-0.05, 0) is 104 Å². The monoisotopic (exact) mass is 611 g/mol. The maximum Gasteiger partial charge on any atom is 0.495 e. The first-order valence-corrected chi connectivity index (χ1v) is 16.3. The van der Waals surface area contributed by atoms with Crippen LogP contribution in [-0.4, -0.2) is 22.9 Å². The Balaban J connectivity index is 1.19. The second kappa shape index (κ2) is 10.2. The molecule has 0 N–H and O–H groups in total. The van der Waals surface area contributed by atoms with Gasteiger partial charge in [0.05, 0.1) is 22.2 Å². The normalized spacial score (nSPS) is 15.8. The molecule has 228 valence electrons. The highest BCUT2D eigenvalue weighted by Crippen LogP contribution is 2.40. The van der Waals surface area contributed by atoms with Crippen LogP contribution in [0.5, 0.6) is 0 Å². The van der Waals surface area contributed by atoms with Crippen molar-refractivity contribution in [3.05, 3.63) is 133 Å². The molecule has 6 aromatic carbocycles. The summed E-state index contributed by atoms with van der Waals surface area (Å²) in [6.45, 7) is 8.36. The second-order valence-corrected chi connectivity index (χ2v) is 13.6. The first-order valence-electron chi connectivity index (χ1n) is 16.3. The molecular formula is C42H34BNO3. The van der Waals surface area contributed by atoms with Crippen molar-refractivity contribution in [2.24, 2.45) is 0 Å². The highest BCUT2D eigenvalue weighted by molar-refractivity contribution is 6.66. The van der Waals surface area contributed by atoms with Crippen molar-refractivity contribution in [1.29, 1.82) is 0 Å². The average molecular weight is 612 g/mol. The van der Waals surface area contributed by atoms with Gasteiger partial charge in [-0.1, -0.05) is 84.9 Å². The van der Waals surface area contributed by atoms with Gasteiger partial charge in [-0.25, -0.2) is 0 Å². The van der Waals surface area contributed by atoms with Gasteiger partial charge < -0.3 is 18.3 Å². The van der Waals surface area contributed by atoms with E-state index in [1.54, 1.807) is 0 Å². The number of hydrogen-bond acceptors (Lipinski definition) is 3. The molecule has 0 atom stereocenters. The van der Waals surface area contributed by atoms with E-state index < -0.39 is 18.3 Å². The highest BCUT2D eigenvalue weighted by Gasteiger charge is 2.52. The summed E-state index contributed by atoms with van der Waals surface area (Å²) in [7, 11) is -0.476. The van der Waals surface area contributed by atoms with Crippen molar-refractivity contribution < 1.29 is 13.7 Å². The standard InChI is InChI=1S/C42H34BNO3/c1-41(2)42(3,4)47-43(46-41)35-17-11-19-39-40(35)34-26-30(21-23-38(34)45-39)29-20-22-37-33(25-29)32-16-8-9-18-36(32)44(37)31-15-10-14-28(24-31)27-12-6-5-7-13-27/h5-26H,1-4H3. The first-order chi connectivity index (χ1) is 22.8.